The first-order chi connectivity index (χ1) is 5.79. The van der Waals surface area contributed by atoms with E-state index in [-0.39, 0.29) is 0 Å². The van der Waals surface area contributed by atoms with Crippen molar-refractivity contribution in [1.29, 1.82) is 0 Å². The van der Waals surface area contributed by atoms with Crippen molar-refractivity contribution in [3.8, 4) is 0 Å². The Hall–Kier alpha value is -1.42. The molecule has 0 unspecified atom stereocenters. The zero-order valence-corrected chi connectivity index (χ0v) is 6.77. The van der Waals surface area contributed by atoms with Crippen molar-refractivity contribution in [3.63, 3.8) is 0 Å². The van der Waals surface area contributed by atoms with Crippen molar-refractivity contribution in [2.45, 2.75) is 13.3 Å². The lowest BCUT2D eigenvalue weighted by molar-refractivity contribution is 0.257. The highest BCUT2D eigenvalue weighted by Gasteiger charge is 2.05. The highest BCUT2D eigenvalue weighted by Crippen LogP contribution is 2.18. The van der Waals surface area contributed by atoms with Crippen LogP contribution in [0.4, 0.5) is 5.69 Å². The molecule has 1 aromatic carbocycles. The fourth-order valence-corrected chi connectivity index (χ4v) is 1.05. The highest BCUT2D eigenvalue weighted by atomic mass is 16.6. The molecule has 12 heavy (non-hydrogen) atoms. The molecular weight excluding hydrogens is 156 g/mol. The van der Waals surface area contributed by atoms with Crippen LogP contribution in [0.5, 0.6) is 0 Å². The van der Waals surface area contributed by atoms with Crippen LogP contribution in [-0.4, -0.2) is 5.21 Å². The lowest BCUT2D eigenvalue weighted by Crippen LogP contribution is -2.09. The van der Waals surface area contributed by atoms with Crippen LogP contribution in [0.1, 0.15) is 12.5 Å². The molecule has 0 spiro atoms. The van der Waals surface area contributed by atoms with Gasteiger partial charge in [0.05, 0.1) is 11.0 Å². The third kappa shape index (κ3) is 1.60. The molecule has 0 aromatic heterocycles. The van der Waals surface area contributed by atoms with Crippen LogP contribution in [0.25, 0.3) is 0 Å². The number of aryl methyl sites for hydroxylation is 1. The molecule has 4 heteroatoms. The van der Waals surface area contributed by atoms with Gasteiger partial charge >= 0.3 is 0 Å². The second kappa shape index (κ2) is 3.82. The summed E-state index contributed by atoms with van der Waals surface area (Å²) in [6.07, 6.45) is 0.753. The highest BCUT2D eigenvalue weighted by molar-refractivity contribution is 5.50. The van der Waals surface area contributed by atoms with E-state index in [2.05, 4.69) is 5.29 Å². The molecule has 0 aliphatic rings. The SMILES string of the molecule is CCc1ccccc1N(O)N=O. The van der Waals surface area contributed by atoms with E-state index < -0.39 is 0 Å². The largest absolute Gasteiger partial charge is 0.265 e. The van der Waals surface area contributed by atoms with E-state index >= 15 is 0 Å². The van der Waals surface area contributed by atoms with Crippen LogP contribution in [-0.2, 0) is 6.42 Å². The van der Waals surface area contributed by atoms with Crippen LogP contribution in [0.2, 0.25) is 0 Å². The first kappa shape index (κ1) is 8.67. The van der Waals surface area contributed by atoms with E-state index in [0.29, 0.717) is 10.9 Å². The third-order valence-electron chi connectivity index (χ3n) is 1.67. The fraction of sp³-hybridized carbons (Fsp3) is 0.250. The molecule has 1 N–H and O–H groups in total. The maximum atomic E-state index is 10.00. The molecule has 0 amide bonds. The van der Waals surface area contributed by atoms with Gasteiger partial charge in [0.2, 0.25) is 0 Å². The van der Waals surface area contributed by atoms with E-state index in [1.165, 1.54) is 0 Å². The third-order valence-corrected chi connectivity index (χ3v) is 1.67. The van der Waals surface area contributed by atoms with Crippen molar-refractivity contribution in [2.24, 2.45) is 5.29 Å². The Labute approximate surface area is 70.3 Å². The van der Waals surface area contributed by atoms with E-state index in [0.717, 1.165) is 12.0 Å². The minimum Gasteiger partial charge on any atom is -0.265 e. The number of anilines is 1. The van der Waals surface area contributed by atoms with Gasteiger partial charge in [0.15, 0.2) is 0 Å². The summed E-state index contributed by atoms with van der Waals surface area (Å²) >= 11 is 0. The van der Waals surface area contributed by atoms with Gasteiger partial charge in [-0.25, -0.2) is 0 Å². The molecular formula is C8H10N2O2. The molecule has 1 rings (SSSR count). The van der Waals surface area contributed by atoms with Crippen molar-refractivity contribution >= 4 is 5.69 Å². The Morgan fingerprint density at radius 1 is 1.50 bits per heavy atom. The van der Waals surface area contributed by atoms with Crippen LogP contribution >= 0.6 is 0 Å². The molecule has 0 bridgehead atoms. The summed E-state index contributed by atoms with van der Waals surface area (Å²) in [4.78, 5) is 10.00. The molecule has 64 valence electrons. The molecule has 1 aromatic rings. The molecule has 0 heterocycles. The maximum absolute atomic E-state index is 10.00. The summed E-state index contributed by atoms with van der Waals surface area (Å²) in [6, 6.07) is 7.06. The van der Waals surface area contributed by atoms with Crippen molar-refractivity contribution in [1.82, 2.24) is 0 Å². The van der Waals surface area contributed by atoms with Gasteiger partial charge in [0.25, 0.3) is 0 Å². The molecule has 4 nitrogen and oxygen atoms in total. The maximum Gasteiger partial charge on any atom is 0.0964 e. The predicted octanol–water partition coefficient (Wildman–Crippen LogP) is 2.13. The van der Waals surface area contributed by atoms with Gasteiger partial charge in [-0.3, -0.25) is 5.21 Å². The minimum atomic E-state index is 0.346. The zero-order chi connectivity index (χ0) is 8.97. The predicted molar refractivity (Wildman–Crippen MR) is 45.9 cm³/mol. The molecule has 0 aliphatic carbocycles. The Morgan fingerprint density at radius 3 is 2.75 bits per heavy atom. The van der Waals surface area contributed by atoms with E-state index in [4.69, 9.17) is 5.21 Å². The van der Waals surface area contributed by atoms with Gasteiger partial charge in [-0.15, -0.1) is 10.1 Å². The van der Waals surface area contributed by atoms with Gasteiger partial charge in [-0.1, -0.05) is 25.1 Å². The number of rotatable bonds is 3. The van der Waals surface area contributed by atoms with Crippen molar-refractivity contribution in [3.05, 3.63) is 34.7 Å². The summed E-state index contributed by atoms with van der Waals surface area (Å²) < 4.78 is 0. The first-order valence-electron chi connectivity index (χ1n) is 3.69. The second-order valence-corrected chi connectivity index (χ2v) is 2.35. The quantitative estimate of drug-likeness (QED) is 0.552. The lowest BCUT2D eigenvalue weighted by atomic mass is 10.1. The van der Waals surface area contributed by atoms with E-state index in [9.17, 15) is 4.91 Å². The first-order valence-corrected chi connectivity index (χ1v) is 3.69. The molecule has 0 aliphatic heterocycles. The number of nitroso groups, excluding NO2 is 1. The Morgan fingerprint density at radius 2 is 2.17 bits per heavy atom. The van der Waals surface area contributed by atoms with Gasteiger partial charge in [-0.2, -0.15) is 0 Å². The average molecular weight is 166 g/mol. The normalized spacial score (nSPS) is 9.50. The number of benzene rings is 1. The number of para-hydroxylation sites is 1. The number of nitrogens with zero attached hydrogens (tertiary/aromatic N) is 2. The summed E-state index contributed by atoms with van der Waals surface area (Å²) in [6.45, 7) is 1.94. The molecule has 0 atom stereocenters. The average Bonchev–Trinajstić information content (AvgIpc) is 2.16. The van der Waals surface area contributed by atoms with Gasteiger partial charge in [0, 0.05) is 0 Å². The summed E-state index contributed by atoms with van der Waals surface area (Å²) in [7, 11) is 0. The van der Waals surface area contributed by atoms with Crippen molar-refractivity contribution in [2.75, 3.05) is 5.17 Å². The molecule has 0 radical (unpaired) electrons. The zero-order valence-electron chi connectivity index (χ0n) is 6.77. The lowest BCUT2D eigenvalue weighted by Gasteiger charge is -2.09. The Bertz CT molecular complexity index is 276. The number of hydrogen-bond acceptors (Lipinski definition) is 3. The van der Waals surface area contributed by atoms with E-state index in [1.54, 1.807) is 12.1 Å². The second-order valence-electron chi connectivity index (χ2n) is 2.35. The Balaban J connectivity index is 3.04. The smallest absolute Gasteiger partial charge is 0.0964 e. The van der Waals surface area contributed by atoms with Gasteiger partial charge < -0.3 is 0 Å². The standard InChI is InChI=1S/C8H10N2O2/c1-2-7-5-3-4-6-8(7)10(12)9-11/h3-6,12H,2H2,1H3. The Kier molecular flexibility index (Phi) is 2.76. The molecule has 0 saturated carbocycles. The fourth-order valence-electron chi connectivity index (χ4n) is 1.05. The van der Waals surface area contributed by atoms with Crippen LogP contribution < -0.4 is 5.17 Å². The van der Waals surface area contributed by atoms with Crippen LogP contribution in [0.15, 0.2) is 29.6 Å². The van der Waals surface area contributed by atoms with Gasteiger partial charge in [0.1, 0.15) is 0 Å². The number of hydrogen-bond donors (Lipinski definition) is 1. The van der Waals surface area contributed by atoms with Crippen LogP contribution in [0.3, 0.4) is 0 Å². The molecule has 0 fully saturated rings. The van der Waals surface area contributed by atoms with Crippen molar-refractivity contribution < 1.29 is 5.21 Å². The van der Waals surface area contributed by atoms with E-state index in [1.807, 2.05) is 19.1 Å². The molecule has 0 saturated heterocycles. The summed E-state index contributed by atoms with van der Waals surface area (Å²) in [5.41, 5.74) is 1.33. The summed E-state index contributed by atoms with van der Waals surface area (Å²) in [5.74, 6) is 0. The topological polar surface area (TPSA) is 52.9 Å². The summed E-state index contributed by atoms with van der Waals surface area (Å²) in [5, 5.41) is 11.7. The van der Waals surface area contributed by atoms with Gasteiger partial charge in [-0.05, 0) is 18.1 Å². The monoisotopic (exact) mass is 166 g/mol. The van der Waals surface area contributed by atoms with Crippen LogP contribution in [0, 0.1) is 4.91 Å². The minimum absolute atomic E-state index is 0.346.